The molecule has 1 aliphatic carbocycles. The molecule has 3 N–H and O–H groups in total. The van der Waals surface area contributed by atoms with E-state index in [4.69, 9.17) is 9.84 Å². The molecule has 0 spiro atoms. The lowest BCUT2D eigenvalue weighted by Crippen LogP contribution is -2.40. The number of ether oxygens (including phenoxy) is 1. The maximum absolute atomic E-state index is 11.6. The van der Waals surface area contributed by atoms with Crippen molar-refractivity contribution in [1.82, 2.24) is 10.6 Å². The SMILES string of the molecule is CC(C(=O)O)=C(C)C(=O)NC(=O)NCCCOCC1CC1. The second-order valence-electron chi connectivity index (χ2n) is 5.14. The van der Waals surface area contributed by atoms with Gasteiger partial charge in [-0.15, -0.1) is 0 Å². The van der Waals surface area contributed by atoms with E-state index >= 15 is 0 Å². The van der Waals surface area contributed by atoms with Crippen molar-refractivity contribution in [2.75, 3.05) is 19.8 Å². The zero-order valence-electron chi connectivity index (χ0n) is 12.4. The second-order valence-corrected chi connectivity index (χ2v) is 5.14. The molecule has 7 heteroatoms. The molecule has 0 atom stereocenters. The Morgan fingerprint density at radius 1 is 1.19 bits per heavy atom. The number of carboxylic acids is 1. The molecule has 21 heavy (non-hydrogen) atoms. The number of urea groups is 1. The topological polar surface area (TPSA) is 105 Å². The molecule has 0 aromatic rings. The molecule has 0 saturated heterocycles. The number of amides is 3. The van der Waals surface area contributed by atoms with Gasteiger partial charge in [0.2, 0.25) is 0 Å². The van der Waals surface area contributed by atoms with Gasteiger partial charge in [-0.25, -0.2) is 9.59 Å². The lowest BCUT2D eigenvalue weighted by Gasteiger charge is -2.08. The van der Waals surface area contributed by atoms with E-state index in [1.165, 1.54) is 26.7 Å². The molecule has 7 nitrogen and oxygen atoms in total. The van der Waals surface area contributed by atoms with Gasteiger partial charge < -0.3 is 15.2 Å². The van der Waals surface area contributed by atoms with Gasteiger partial charge in [0.25, 0.3) is 5.91 Å². The van der Waals surface area contributed by atoms with Crippen molar-refractivity contribution in [3.8, 4) is 0 Å². The van der Waals surface area contributed by atoms with Crippen LogP contribution in [0.1, 0.15) is 33.1 Å². The Morgan fingerprint density at radius 2 is 1.86 bits per heavy atom. The highest BCUT2D eigenvalue weighted by atomic mass is 16.5. The second kappa shape index (κ2) is 8.41. The zero-order valence-corrected chi connectivity index (χ0v) is 12.4. The summed E-state index contributed by atoms with van der Waals surface area (Å²) in [6.45, 7) is 4.42. The Labute approximate surface area is 123 Å². The molecule has 0 bridgehead atoms. The molecule has 1 fully saturated rings. The van der Waals surface area contributed by atoms with Gasteiger partial charge in [-0.05, 0) is 39.0 Å². The van der Waals surface area contributed by atoms with Crippen molar-refractivity contribution >= 4 is 17.9 Å². The molecule has 1 saturated carbocycles. The van der Waals surface area contributed by atoms with E-state index in [9.17, 15) is 14.4 Å². The van der Waals surface area contributed by atoms with Gasteiger partial charge in [0.15, 0.2) is 0 Å². The summed E-state index contributed by atoms with van der Waals surface area (Å²) in [6, 6.07) is -0.639. The lowest BCUT2D eigenvalue weighted by atomic mass is 10.1. The minimum atomic E-state index is -1.18. The molecule has 3 amide bonds. The number of rotatable bonds is 8. The summed E-state index contributed by atoms with van der Waals surface area (Å²) in [7, 11) is 0. The summed E-state index contributed by atoms with van der Waals surface area (Å²) in [5.41, 5.74) is -0.0841. The molecule has 0 aliphatic heterocycles. The number of carbonyl (C=O) groups is 3. The van der Waals surface area contributed by atoms with Crippen LogP contribution in [0.5, 0.6) is 0 Å². The third-order valence-electron chi connectivity index (χ3n) is 3.25. The summed E-state index contributed by atoms with van der Waals surface area (Å²) in [6.07, 6.45) is 3.15. The normalized spacial score (nSPS) is 15.1. The number of nitrogens with one attached hydrogen (secondary N) is 2. The third kappa shape index (κ3) is 6.89. The first kappa shape index (κ1) is 17.2. The number of aliphatic carboxylic acids is 1. The van der Waals surface area contributed by atoms with Crippen molar-refractivity contribution < 1.29 is 24.2 Å². The predicted octanol–water partition coefficient (Wildman–Crippen LogP) is 1.05. The maximum Gasteiger partial charge on any atom is 0.331 e. The van der Waals surface area contributed by atoms with E-state index < -0.39 is 17.9 Å². The predicted molar refractivity (Wildman–Crippen MR) is 75.7 cm³/mol. The van der Waals surface area contributed by atoms with Crippen molar-refractivity contribution in [3.05, 3.63) is 11.1 Å². The smallest absolute Gasteiger partial charge is 0.331 e. The average Bonchev–Trinajstić information content (AvgIpc) is 3.24. The Hall–Kier alpha value is -1.89. The first-order valence-corrected chi connectivity index (χ1v) is 6.99. The van der Waals surface area contributed by atoms with Crippen molar-refractivity contribution in [3.63, 3.8) is 0 Å². The molecule has 0 unspecified atom stereocenters. The van der Waals surface area contributed by atoms with Crippen LogP contribution in [0.3, 0.4) is 0 Å². The van der Waals surface area contributed by atoms with Crippen LogP contribution in [-0.4, -0.2) is 42.8 Å². The van der Waals surface area contributed by atoms with Gasteiger partial charge >= 0.3 is 12.0 Å². The average molecular weight is 298 g/mol. The standard InChI is InChI=1S/C14H22N2O5/c1-9(10(2)13(18)19)12(17)16-14(20)15-6-3-7-21-8-11-4-5-11/h11H,3-8H2,1-2H3,(H,18,19)(H2,15,16,17,20). The number of hydrogen-bond donors (Lipinski definition) is 3. The molecule has 1 aliphatic rings. The number of hydrogen-bond acceptors (Lipinski definition) is 4. The summed E-state index contributed by atoms with van der Waals surface area (Å²) < 4.78 is 5.41. The van der Waals surface area contributed by atoms with Crippen molar-refractivity contribution in [1.29, 1.82) is 0 Å². The maximum atomic E-state index is 11.6. The van der Waals surface area contributed by atoms with Crippen LogP contribution < -0.4 is 10.6 Å². The molecular weight excluding hydrogens is 276 g/mol. The quantitative estimate of drug-likeness (QED) is 0.459. The van der Waals surface area contributed by atoms with E-state index in [2.05, 4.69) is 10.6 Å². The first-order chi connectivity index (χ1) is 9.91. The van der Waals surface area contributed by atoms with Gasteiger partial charge in [-0.3, -0.25) is 10.1 Å². The molecule has 118 valence electrons. The Bertz CT molecular complexity index is 441. The largest absolute Gasteiger partial charge is 0.478 e. The fourth-order valence-corrected chi connectivity index (χ4v) is 1.48. The first-order valence-electron chi connectivity index (χ1n) is 6.99. The number of carbonyl (C=O) groups excluding carboxylic acids is 2. The highest BCUT2D eigenvalue weighted by Crippen LogP contribution is 2.28. The molecule has 1 rings (SSSR count). The van der Waals surface area contributed by atoms with Gasteiger partial charge in [-0.1, -0.05) is 0 Å². The highest BCUT2D eigenvalue weighted by molar-refractivity contribution is 6.07. The lowest BCUT2D eigenvalue weighted by molar-refractivity contribution is -0.133. The number of imide groups is 1. The van der Waals surface area contributed by atoms with Gasteiger partial charge in [0.05, 0.1) is 0 Å². The molecule has 0 radical (unpaired) electrons. The zero-order chi connectivity index (χ0) is 15.8. The minimum Gasteiger partial charge on any atom is -0.478 e. The van der Waals surface area contributed by atoms with E-state index in [0.29, 0.717) is 25.5 Å². The summed E-state index contributed by atoms with van der Waals surface area (Å²) in [4.78, 5) is 33.7. The van der Waals surface area contributed by atoms with Crippen LogP contribution in [0.4, 0.5) is 4.79 Å². The monoisotopic (exact) mass is 298 g/mol. The fraction of sp³-hybridized carbons (Fsp3) is 0.643. The van der Waals surface area contributed by atoms with E-state index in [-0.39, 0.29) is 11.1 Å². The third-order valence-corrected chi connectivity index (χ3v) is 3.25. The molecular formula is C14H22N2O5. The van der Waals surface area contributed by atoms with Crippen LogP contribution in [0, 0.1) is 5.92 Å². The summed E-state index contributed by atoms with van der Waals surface area (Å²) in [5.74, 6) is -1.18. The summed E-state index contributed by atoms with van der Waals surface area (Å²) in [5, 5.41) is 13.4. The van der Waals surface area contributed by atoms with Crippen molar-refractivity contribution in [2.45, 2.75) is 33.1 Å². The van der Waals surface area contributed by atoms with Crippen LogP contribution in [0.2, 0.25) is 0 Å². The molecule has 0 aromatic heterocycles. The Balaban J connectivity index is 2.15. The van der Waals surface area contributed by atoms with Crippen LogP contribution in [-0.2, 0) is 14.3 Å². The van der Waals surface area contributed by atoms with Gasteiger partial charge in [0.1, 0.15) is 0 Å². The molecule has 0 heterocycles. The molecule has 0 aromatic carbocycles. The van der Waals surface area contributed by atoms with Crippen LogP contribution in [0.25, 0.3) is 0 Å². The fourth-order valence-electron chi connectivity index (χ4n) is 1.48. The minimum absolute atomic E-state index is 0.00502. The van der Waals surface area contributed by atoms with Crippen LogP contribution >= 0.6 is 0 Å². The Kier molecular flexibility index (Phi) is 6.87. The van der Waals surface area contributed by atoms with Gasteiger partial charge in [-0.2, -0.15) is 0 Å². The van der Waals surface area contributed by atoms with E-state index in [0.717, 1.165) is 6.61 Å². The van der Waals surface area contributed by atoms with Crippen molar-refractivity contribution in [2.24, 2.45) is 5.92 Å². The Morgan fingerprint density at radius 3 is 2.43 bits per heavy atom. The summed E-state index contributed by atoms with van der Waals surface area (Å²) >= 11 is 0. The number of carboxylic acid groups (broad SMARTS) is 1. The van der Waals surface area contributed by atoms with Gasteiger partial charge in [0, 0.05) is 30.9 Å². The van der Waals surface area contributed by atoms with E-state index in [1.807, 2.05) is 0 Å². The van der Waals surface area contributed by atoms with Crippen LogP contribution in [0.15, 0.2) is 11.1 Å². The highest BCUT2D eigenvalue weighted by Gasteiger charge is 2.20. The van der Waals surface area contributed by atoms with E-state index in [1.54, 1.807) is 0 Å².